The maximum Gasteiger partial charge on any atom is 0.123 e. The van der Waals surface area contributed by atoms with Gasteiger partial charge in [0.1, 0.15) is 5.82 Å². The highest BCUT2D eigenvalue weighted by Crippen LogP contribution is 2.15. The molecule has 0 radical (unpaired) electrons. The number of aliphatic hydroxyl groups is 1. The van der Waals surface area contributed by atoms with E-state index >= 15 is 0 Å². The van der Waals surface area contributed by atoms with Crippen molar-refractivity contribution in [3.8, 4) is 0 Å². The molecule has 0 aliphatic carbocycles. The molecular weight excluding hydrogens is 191 g/mol. The van der Waals surface area contributed by atoms with Gasteiger partial charge >= 0.3 is 0 Å². The minimum Gasteiger partial charge on any atom is -0.393 e. The van der Waals surface area contributed by atoms with Crippen molar-refractivity contribution >= 4 is 0 Å². The van der Waals surface area contributed by atoms with Gasteiger partial charge in [-0.05, 0) is 48.9 Å². The molecule has 2 heteroatoms. The summed E-state index contributed by atoms with van der Waals surface area (Å²) in [6, 6.07) is 4.82. The highest BCUT2D eigenvalue weighted by atomic mass is 19.1. The molecule has 1 N–H and O–H groups in total. The summed E-state index contributed by atoms with van der Waals surface area (Å²) in [5.41, 5.74) is 2.09. The van der Waals surface area contributed by atoms with Crippen molar-refractivity contribution in [2.24, 2.45) is 5.92 Å². The molecule has 0 amide bonds. The van der Waals surface area contributed by atoms with Gasteiger partial charge in [0.15, 0.2) is 0 Å². The molecule has 0 saturated heterocycles. The lowest BCUT2D eigenvalue weighted by Crippen LogP contribution is -2.15. The van der Waals surface area contributed by atoms with E-state index in [1.165, 1.54) is 12.1 Å². The quantitative estimate of drug-likeness (QED) is 0.809. The Bertz CT molecular complexity index is 320. The van der Waals surface area contributed by atoms with Crippen molar-refractivity contribution in [3.63, 3.8) is 0 Å². The number of rotatable bonds is 4. The minimum absolute atomic E-state index is 0.194. The molecule has 0 fully saturated rings. The van der Waals surface area contributed by atoms with Gasteiger partial charge in [0, 0.05) is 0 Å². The van der Waals surface area contributed by atoms with Crippen LogP contribution >= 0.6 is 0 Å². The van der Waals surface area contributed by atoms with E-state index in [1.54, 1.807) is 6.07 Å². The maximum atomic E-state index is 12.8. The normalized spacial score (nSPS) is 13.2. The van der Waals surface area contributed by atoms with Crippen molar-refractivity contribution in [2.45, 2.75) is 39.7 Å². The molecule has 1 atom stereocenters. The highest BCUT2D eigenvalue weighted by molar-refractivity contribution is 5.26. The molecule has 15 heavy (non-hydrogen) atoms. The predicted molar refractivity (Wildman–Crippen MR) is 60.3 cm³/mol. The second-order valence-electron chi connectivity index (χ2n) is 4.42. The molecule has 0 saturated carbocycles. The Morgan fingerprint density at radius 2 is 2.00 bits per heavy atom. The summed E-state index contributed by atoms with van der Waals surface area (Å²) in [4.78, 5) is 0. The molecule has 1 nitrogen and oxygen atoms in total. The molecule has 0 heterocycles. The fourth-order valence-electron chi connectivity index (χ4n) is 1.58. The van der Waals surface area contributed by atoms with E-state index in [2.05, 4.69) is 0 Å². The summed E-state index contributed by atoms with van der Waals surface area (Å²) >= 11 is 0. The first kappa shape index (κ1) is 12.2. The second kappa shape index (κ2) is 5.26. The lowest BCUT2D eigenvalue weighted by molar-refractivity contribution is 0.116. The van der Waals surface area contributed by atoms with Crippen LogP contribution in [0.15, 0.2) is 18.2 Å². The Morgan fingerprint density at radius 3 is 2.53 bits per heavy atom. The van der Waals surface area contributed by atoms with Crippen molar-refractivity contribution in [1.82, 2.24) is 0 Å². The monoisotopic (exact) mass is 210 g/mol. The molecular formula is C13H19FO. The van der Waals surface area contributed by atoms with E-state index in [-0.39, 0.29) is 17.8 Å². The number of hydrogen-bond acceptors (Lipinski definition) is 1. The van der Waals surface area contributed by atoms with Crippen LogP contribution < -0.4 is 0 Å². The number of hydrogen-bond donors (Lipinski definition) is 1. The first-order valence-corrected chi connectivity index (χ1v) is 5.44. The van der Waals surface area contributed by atoms with E-state index in [0.717, 1.165) is 24.0 Å². The smallest absolute Gasteiger partial charge is 0.123 e. The van der Waals surface area contributed by atoms with E-state index in [9.17, 15) is 9.50 Å². The molecule has 0 aromatic heterocycles. The van der Waals surface area contributed by atoms with Crippen molar-refractivity contribution in [1.29, 1.82) is 0 Å². The molecule has 84 valence electrons. The van der Waals surface area contributed by atoms with Crippen molar-refractivity contribution in [2.75, 3.05) is 0 Å². The van der Waals surface area contributed by atoms with Crippen molar-refractivity contribution < 1.29 is 9.50 Å². The molecule has 1 unspecified atom stereocenters. The number of benzene rings is 1. The molecule has 1 aromatic carbocycles. The Hall–Kier alpha value is -0.890. The van der Waals surface area contributed by atoms with Crippen LogP contribution in [0.5, 0.6) is 0 Å². The lowest BCUT2D eigenvalue weighted by Gasteiger charge is -2.14. The third kappa shape index (κ3) is 3.63. The van der Waals surface area contributed by atoms with Gasteiger partial charge in [0.2, 0.25) is 0 Å². The third-order valence-electron chi connectivity index (χ3n) is 2.78. The molecule has 1 aromatic rings. The molecule has 1 rings (SSSR count). The standard InChI is InChI=1S/C13H19FO/c1-9(2)13(15)7-5-11-4-6-12(14)8-10(11)3/h4,6,8-9,13,15H,5,7H2,1-3H3. The van der Waals surface area contributed by atoms with Gasteiger partial charge in [-0.25, -0.2) is 4.39 Å². The average Bonchev–Trinajstić information content (AvgIpc) is 2.15. The number of aliphatic hydroxyl groups excluding tert-OH is 1. The van der Waals surface area contributed by atoms with Crippen molar-refractivity contribution in [3.05, 3.63) is 35.1 Å². The lowest BCUT2D eigenvalue weighted by atomic mass is 9.97. The first-order chi connectivity index (χ1) is 7.00. The van der Waals surface area contributed by atoms with Crippen LogP contribution in [0.25, 0.3) is 0 Å². The first-order valence-electron chi connectivity index (χ1n) is 5.44. The Morgan fingerprint density at radius 1 is 1.33 bits per heavy atom. The summed E-state index contributed by atoms with van der Waals surface area (Å²) in [6.45, 7) is 5.91. The molecule has 0 bridgehead atoms. The van der Waals surface area contributed by atoms with E-state index in [0.29, 0.717) is 0 Å². The highest BCUT2D eigenvalue weighted by Gasteiger charge is 2.09. The Labute approximate surface area is 90.9 Å². The largest absolute Gasteiger partial charge is 0.393 e. The zero-order valence-corrected chi connectivity index (χ0v) is 9.63. The third-order valence-corrected chi connectivity index (χ3v) is 2.78. The number of aryl methyl sites for hydroxylation is 2. The zero-order chi connectivity index (χ0) is 11.4. The fraction of sp³-hybridized carbons (Fsp3) is 0.538. The molecule has 0 spiro atoms. The summed E-state index contributed by atoms with van der Waals surface area (Å²) in [7, 11) is 0. The van der Waals surface area contributed by atoms with Gasteiger partial charge in [-0.3, -0.25) is 0 Å². The van der Waals surface area contributed by atoms with E-state index < -0.39 is 0 Å². The summed E-state index contributed by atoms with van der Waals surface area (Å²) in [5.74, 6) is 0.0893. The van der Waals surface area contributed by atoms with Crippen LogP contribution in [0, 0.1) is 18.7 Å². The van der Waals surface area contributed by atoms with Gasteiger partial charge in [-0.2, -0.15) is 0 Å². The van der Waals surface area contributed by atoms with Gasteiger partial charge in [-0.15, -0.1) is 0 Å². The SMILES string of the molecule is Cc1cc(F)ccc1CCC(O)C(C)C. The summed E-state index contributed by atoms with van der Waals surface area (Å²) in [5, 5.41) is 9.66. The van der Waals surface area contributed by atoms with Crippen LogP contribution in [-0.2, 0) is 6.42 Å². The second-order valence-corrected chi connectivity index (χ2v) is 4.42. The average molecular weight is 210 g/mol. The van der Waals surface area contributed by atoms with Crippen LogP contribution in [-0.4, -0.2) is 11.2 Å². The minimum atomic E-state index is -0.269. The van der Waals surface area contributed by atoms with Crippen LogP contribution in [0.1, 0.15) is 31.4 Å². The van der Waals surface area contributed by atoms with Gasteiger partial charge in [0.25, 0.3) is 0 Å². The zero-order valence-electron chi connectivity index (χ0n) is 9.63. The summed E-state index contributed by atoms with van der Waals surface area (Å²) < 4.78 is 12.8. The maximum absolute atomic E-state index is 12.8. The van der Waals surface area contributed by atoms with Crippen LogP contribution in [0.3, 0.4) is 0 Å². The Balaban J connectivity index is 2.58. The topological polar surface area (TPSA) is 20.2 Å². The van der Waals surface area contributed by atoms with Crippen LogP contribution in [0.4, 0.5) is 4.39 Å². The van der Waals surface area contributed by atoms with E-state index in [1.807, 2.05) is 20.8 Å². The van der Waals surface area contributed by atoms with Gasteiger partial charge in [-0.1, -0.05) is 19.9 Å². The molecule has 0 aliphatic rings. The van der Waals surface area contributed by atoms with Gasteiger partial charge in [0.05, 0.1) is 6.10 Å². The number of halogens is 1. The van der Waals surface area contributed by atoms with Gasteiger partial charge < -0.3 is 5.11 Å². The van der Waals surface area contributed by atoms with E-state index in [4.69, 9.17) is 0 Å². The predicted octanol–water partition coefficient (Wildman–Crippen LogP) is 3.08. The summed E-state index contributed by atoms with van der Waals surface area (Å²) in [6.07, 6.45) is 1.28. The fourth-order valence-corrected chi connectivity index (χ4v) is 1.58. The molecule has 0 aliphatic heterocycles. The van der Waals surface area contributed by atoms with Crippen LogP contribution in [0.2, 0.25) is 0 Å². The Kier molecular flexibility index (Phi) is 4.28.